The molecule has 9 heteroatoms. The van der Waals surface area contributed by atoms with E-state index in [0.717, 1.165) is 38.5 Å². The molecule has 0 radical (unpaired) electrons. The number of amides is 1. The van der Waals surface area contributed by atoms with Crippen molar-refractivity contribution in [1.82, 2.24) is 9.88 Å². The van der Waals surface area contributed by atoms with Crippen molar-refractivity contribution < 1.29 is 19.1 Å². The van der Waals surface area contributed by atoms with E-state index in [1.54, 1.807) is 30.3 Å². The summed E-state index contributed by atoms with van der Waals surface area (Å²) in [7, 11) is 0. The Hall–Kier alpha value is -3.39. The number of fused-ring (bicyclic) bond motifs is 1. The third-order valence-electron chi connectivity index (χ3n) is 7.62. The highest BCUT2D eigenvalue weighted by Crippen LogP contribution is 2.29. The van der Waals surface area contributed by atoms with Crippen LogP contribution >= 0.6 is 11.6 Å². The summed E-state index contributed by atoms with van der Waals surface area (Å²) < 4.78 is 17.2. The van der Waals surface area contributed by atoms with Gasteiger partial charge in [0.15, 0.2) is 0 Å². The number of aliphatic carboxylic acids is 1. The summed E-state index contributed by atoms with van der Waals surface area (Å²) in [5.41, 5.74) is 0.699. The lowest BCUT2D eigenvalue weighted by atomic mass is 9.95. The summed E-state index contributed by atoms with van der Waals surface area (Å²) in [6.45, 7) is 4.04. The lowest BCUT2D eigenvalue weighted by molar-refractivity contribution is -0.137. The van der Waals surface area contributed by atoms with Crippen molar-refractivity contribution in [3.8, 4) is 0 Å². The van der Waals surface area contributed by atoms with Crippen LogP contribution in [0, 0.1) is 5.82 Å². The molecule has 0 spiro atoms. The molecule has 1 aliphatic carbocycles. The van der Waals surface area contributed by atoms with Crippen molar-refractivity contribution in [3.63, 3.8) is 0 Å². The van der Waals surface area contributed by atoms with Crippen LogP contribution in [-0.2, 0) is 4.79 Å². The Morgan fingerprint density at radius 2 is 1.77 bits per heavy atom. The number of hydrogen-bond acceptors (Lipinski definition) is 4. The normalized spacial score (nSPS) is 14.9. The Labute approximate surface area is 232 Å². The van der Waals surface area contributed by atoms with Gasteiger partial charge in [0.1, 0.15) is 11.4 Å². The number of hydrogen-bond donors (Lipinski definition) is 3. The Balaban J connectivity index is 1.77. The predicted octanol–water partition coefficient (Wildman–Crippen LogP) is 6.85. The summed E-state index contributed by atoms with van der Waals surface area (Å²) in [6, 6.07) is 8.65. The molecule has 1 aromatic heterocycles. The van der Waals surface area contributed by atoms with Gasteiger partial charge in [0.25, 0.3) is 5.91 Å². The van der Waals surface area contributed by atoms with Gasteiger partial charge in [-0.3, -0.25) is 14.4 Å². The van der Waals surface area contributed by atoms with Gasteiger partial charge in [0, 0.05) is 28.7 Å². The van der Waals surface area contributed by atoms with Crippen LogP contribution in [-0.4, -0.2) is 27.6 Å². The minimum absolute atomic E-state index is 0.0290. The van der Waals surface area contributed by atoms with E-state index in [2.05, 4.69) is 10.6 Å². The number of halogens is 2. The minimum atomic E-state index is -1.11. The van der Waals surface area contributed by atoms with Crippen molar-refractivity contribution in [1.29, 1.82) is 0 Å². The van der Waals surface area contributed by atoms with E-state index < -0.39 is 29.2 Å². The summed E-state index contributed by atoms with van der Waals surface area (Å²) in [4.78, 5) is 38.6. The van der Waals surface area contributed by atoms with Crippen molar-refractivity contribution >= 4 is 40.1 Å². The lowest BCUT2D eigenvalue weighted by Gasteiger charge is -2.26. The number of carboxylic acid groups (broad SMARTS) is 1. The maximum atomic E-state index is 15.3. The second-order valence-electron chi connectivity index (χ2n) is 10.3. The monoisotopic (exact) mass is 555 g/mol. The molecule has 0 aliphatic heterocycles. The third-order valence-corrected chi connectivity index (χ3v) is 7.87. The topological polar surface area (TPSA) is 100 Å². The molecule has 3 aromatic rings. The fourth-order valence-corrected chi connectivity index (χ4v) is 5.58. The van der Waals surface area contributed by atoms with Gasteiger partial charge in [-0.15, -0.1) is 0 Å². The third kappa shape index (κ3) is 6.61. The summed E-state index contributed by atoms with van der Waals surface area (Å²) >= 11 is 5.97. The number of nitrogens with one attached hydrogen (secondary N) is 2. The molecule has 1 amide bonds. The average Bonchev–Trinajstić information content (AvgIpc) is 2.91. The Kier molecular flexibility index (Phi) is 9.28. The molecular formula is C30H35ClFN3O4. The molecule has 1 fully saturated rings. The summed E-state index contributed by atoms with van der Waals surface area (Å²) in [5, 5.41) is 16.1. The van der Waals surface area contributed by atoms with Crippen LogP contribution in [0.5, 0.6) is 0 Å². The van der Waals surface area contributed by atoms with Gasteiger partial charge in [-0.1, -0.05) is 56.8 Å². The maximum Gasteiger partial charge on any atom is 0.305 e. The molecule has 1 heterocycles. The second kappa shape index (κ2) is 12.6. The first kappa shape index (κ1) is 28.6. The number of benzene rings is 2. The molecule has 1 aliphatic rings. The largest absolute Gasteiger partial charge is 0.481 e. The Morgan fingerprint density at radius 3 is 2.38 bits per heavy atom. The first-order valence-corrected chi connectivity index (χ1v) is 14.0. The van der Waals surface area contributed by atoms with Crippen LogP contribution in [0.2, 0.25) is 5.02 Å². The van der Waals surface area contributed by atoms with Gasteiger partial charge >= 0.3 is 5.97 Å². The fraction of sp³-hybridized carbons (Fsp3) is 0.433. The summed E-state index contributed by atoms with van der Waals surface area (Å²) in [6.07, 6.45) is 7.96. The molecule has 0 bridgehead atoms. The maximum absolute atomic E-state index is 15.3. The van der Waals surface area contributed by atoms with E-state index in [9.17, 15) is 19.5 Å². The van der Waals surface area contributed by atoms with Crippen molar-refractivity contribution in [2.24, 2.45) is 0 Å². The lowest BCUT2D eigenvalue weighted by Crippen LogP contribution is -2.34. The molecule has 3 N–H and O–H groups in total. The standard InChI is InChI=1S/C30H35ClFN3O4/c1-3-21(4-2)35-17-23(30(39)34-25(16-28(36)37)18-10-12-19(31)13-11-18)29(38)22-14-24(32)26(15-27(22)35)33-20-8-6-5-7-9-20/h10-15,17,20-21,25,33H,3-9,16H2,1-2H3,(H,34,39)(H,36,37). The van der Waals surface area contributed by atoms with E-state index in [4.69, 9.17) is 11.6 Å². The molecular weight excluding hydrogens is 521 g/mol. The van der Waals surface area contributed by atoms with E-state index in [1.807, 2.05) is 18.4 Å². The van der Waals surface area contributed by atoms with Gasteiger partial charge in [-0.25, -0.2) is 4.39 Å². The Morgan fingerprint density at radius 1 is 1.10 bits per heavy atom. The van der Waals surface area contributed by atoms with Crippen LogP contribution < -0.4 is 16.1 Å². The molecule has 1 unspecified atom stereocenters. The molecule has 39 heavy (non-hydrogen) atoms. The SMILES string of the molecule is CCC(CC)n1cc(C(=O)NC(CC(=O)O)c2ccc(Cl)cc2)c(=O)c2cc(F)c(NC3CCCCC3)cc21. The van der Waals surface area contributed by atoms with Crippen LogP contribution in [0.1, 0.15) is 93.2 Å². The Bertz CT molecular complexity index is 1400. The van der Waals surface area contributed by atoms with Gasteiger partial charge in [0.2, 0.25) is 5.43 Å². The minimum Gasteiger partial charge on any atom is -0.481 e. The van der Waals surface area contributed by atoms with Gasteiger partial charge in [-0.05, 0) is 55.5 Å². The molecule has 208 valence electrons. The molecule has 1 saturated carbocycles. The quantitative estimate of drug-likeness (QED) is 0.254. The predicted molar refractivity (Wildman–Crippen MR) is 152 cm³/mol. The van der Waals surface area contributed by atoms with Gasteiger partial charge < -0.3 is 20.3 Å². The van der Waals surface area contributed by atoms with Crippen molar-refractivity contribution in [3.05, 3.63) is 74.8 Å². The van der Waals surface area contributed by atoms with E-state index in [1.165, 1.54) is 18.7 Å². The average molecular weight is 556 g/mol. The van der Waals surface area contributed by atoms with Crippen molar-refractivity contribution in [2.75, 3.05) is 5.32 Å². The fourth-order valence-electron chi connectivity index (χ4n) is 5.45. The molecule has 2 aromatic carbocycles. The van der Waals surface area contributed by atoms with Crippen LogP contribution in [0.3, 0.4) is 0 Å². The molecule has 4 rings (SSSR count). The van der Waals surface area contributed by atoms with Crippen LogP contribution in [0.25, 0.3) is 10.9 Å². The van der Waals surface area contributed by atoms with E-state index in [-0.39, 0.29) is 29.5 Å². The van der Waals surface area contributed by atoms with E-state index in [0.29, 0.717) is 21.8 Å². The number of nitrogens with zero attached hydrogens (tertiary/aromatic N) is 1. The summed E-state index contributed by atoms with van der Waals surface area (Å²) in [5.74, 6) is -2.36. The highest BCUT2D eigenvalue weighted by atomic mass is 35.5. The molecule has 1 atom stereocenters. The number of pyridine rings is 1. The van der Waals surface area contributed by atoms with Crippen LogP contribution in [0.4, 0.5) is 10.1 Å². The number of anilines is 1. The number of carbonyl (C=O) groups is 2. The molecule has 7 nitrogen and oxygen atoms in total. The highest BCUT2D eigenvalue weighted by Gasteiger charge is 2.24. The number of rotatable bonds is 10. The smallest absolute Gasteiger partial charge is 0.305 e. The van der Waals surface area contributed by atoms with E-state index >= 15 is 4.39 Å². The van der Waals surface area contributed by atoms with Gasteiger partial charge in [0.05, 0.1) is 23.7 Å². The van der Waals surface area contributed by atoms with Crippen molar-refractivity contribution in [2.45, 2.75) is 83.3 Å². The van der Waals surface area contributed by atoms with Gasteiger partial charge in [-0.2, -0.15) is 0 Å². The first-order chi connectivity index (χ1) is 18.7. The first-order valence-electron chi connectivity index (χ1n) is 13.6. The number of carbonyl (C=O) groups excluding carboxylic acids is 1. The zero-order valence-corrected chi connectivity index (χ0v) is 23.1. The van der Waals surface area contributed by atoms with Crippen LogP contribution in [0.15, 0.2) is 47.4 Å². The highest BCUT2D eigenvalue weighted by molar-refractivity contribution is 6.30. The second-order valence-corrected chi connectivity index (χ2v) is 10.7. The number of aromatic nitrogens is 1. The number of carboxylic acids is 1. The zero-order chi connectivity index (χ0) is 28.1. The molecule has 0 saturated heterocycles. The zero-order valence-electron chi connectivity index (χ0n) is 22.3.